The van der Waals surface area contributed by atoms with Crippen LogP contribution >= 0.6 is 11.6 Å². The standard InChI is InChI=1S/C14H18ClNO/c1-3-9(4-2)14(15)10-5-6-12-11(7-10)8-13(17)16-12/h5-7,9,14H,3-4,8H2,1-2H3,(H,16,17). The van der Waals surface area contributed by atoms with Gasteiger partial charge in [0.25, 0.3) is 0 Å². The third kappa shape index (κ3) is 2.47. The minimum absolute atomic E-state index is 0.0472. The van der Waals surface area contributed by atoms with E-state index in [1.165, 1.54) is 0 Å². The SMILES string of the molecule is CCC(CC)C(Cl)c1ccc2c(c1)CC(=O)N2. The third-order valence-corrected chi connectivity index (χ3v) is 4.14. The fraction of sp³-hybridized carbons (Fsp3) is 0.500. The molecule has 0 radical (unpaired) electrons. The molecule has 1 aromatic rings. The zero-order valence-electron chi connectivity index (χ0n) is 10.3. The summed E-state index contributed by atoms with van der Waals surface area (Å²) in [5.74, 6) is 0.575. The minimum atomic E-state index is 0.0472. The summed E-state index contributed by atoms with van der Waals surface area (Å²) in [6, 6.07) is 6.07. The van der Waals surface area contributed by atoms with Gasteiger partial charge in [-0.1, -0.05) is 38.8 Å². The van der Waals surface area contributed by atoms with Crippen molar-refractivity contribution in [2.24, 2.45) is 5.92 Å². The van der Waals surface area contributed by atoms with Gasteiger partial charge in [0, 0.05) is 5.69 Å². The van der Waals surface area contributed by atoms with Gasteiger partial charge in [-0.3, -0.25) is 4.79 Å². The van der Waals surface area contributed by atoms with Gasteiger partial charge in [-0.2, -0.15) is 0 Å². The van der Waals surface area contributed by atoms with Gasteiger partial charge >= 0.3 is 0 Å². The van der Waals surface area contributed by atoms with E-state index in [0.717, 1.165) is 29.7 Å². The summed E-state index contributed by atoms with van der Waals surface area (Å²) in [6.07, 6.45) is 2.65. The molecule has 92 valence electrons. The summed E-state index contributed by atoms with van der Waals surface area (Å²) in [5, 5.41) is 2.89. The van der Waals surface area contributed by atoms with Gasteiger partial charge < -0.3 is 5.32 Å². The Morgan fingerprint density at radius 2 is 2.06 bits per heavy atom. The average Bonchev–Trinajstić information content (AvgIpc) is 2.69. The maximum Gasteiger partial charge on any atom is 0.228 e. The first-order valence-corrected chi connectivity index (χ1v) is 6.66. The lowest BCUT2D eigenvalue weighted by molar-refractivity contribution is -0.115. The number of hydrogen-bond acceptors (Lipinski definition) is 1. The summed E-state index contributed by atoms with van der Waals surface area (Å²) in [4.78, 5) is 11.3. The predicted molar refractivity (Wildman–Crippen MR) is 71.4 cm³/mol. The highest BCUT2D eigenvalue weighted by atomic mass is 35.5. The molecule has 3 heteroatoms. The van der Waals surface area contributed by atoms with E-state index < -0.39 is 0 Å². The van der Waals surface area contributed by atoms with Crippen LogP contribution in [0.25, 0.3) is 0 Å². The number of benzene rings is 1. The van der Waals surface area contributed by atoms with Gasteiger partial charge in [0.1, 0.15) is 0 Å². The maximum absolute atomic E-state index is 11.3. The molecule has 0 aromatic heterocycles. The van der Waals surface area contributed by atoms with E-state index in [2.05, 4.69) is 25.2 Å². The first-order valence-electron chi connectivity index (χ1n) is 6.22. The van der Waals surface area contributed by atoms with Crippen molar-refractivity contribution in [1.82, 2.24) is 0 Å². The zero-order chi connectivity index (χ0) is 12.4. The molecule has 1 heterocycles. The van der Waals surface area contributed by atoms with E-state index in [1.54, 1.807) is 0 Å². The quantitative estimate of drug-likeness (QED) is 0.808. The zero-order valence-corrected chi connectivity index (χ0v) is 11.1. The minimum Gasteiger partial charge on any atom is -0.326 e. The second-order valence-corrected chi connectivity index (χ2v) is 5.09. The third-order valence-electron chi connectivity index (χ3n) is 3.54. The number of hydrogen-bond donors (Lipinski definition) is 1. The second kappa shape index (κ2) is 5.09. The molecule has 0 bridgehead atoms. The summed E-state index contributed by atoms with van der Waals surface area (Å²) in [7, 11) is 0. The van der Waals surface area contributed by atoms with Crippen LogP contribution in [0.4, 0.5) is 5.69 Å². The van der Waals surface area contributed by atoms with Crippen molar-refractivity contribution >= 4 is 23.2 Å². The number of amides is 1. The Labute approximate surface area is 107 Å². The van der Waals surface area contributed by atoms with Gasteiger partial charge in [0.05, 0.1) is 11.8 Å². The summed E-state index contributed by atoms with van der Waals surface area (Å²) in [5.41, 5.74) is 3.15. The van der Waals surface area contributed by atoms with Crippen LogP contribution < -0.4 is 5.32 Å². The van der Waals surface area contributed by atoms with Crippen molar-refractivity contribution in [2.45, 2.75) is 38.5 Å². The highest BCUT2D eigenvalue weighted by Crippen LogP contribution is 2.36. The second-order valence-electron chi connectivity index (χ2n) is 4.62. The molecule has 0 aliphatic carbocycles. The van der Waals surface area contributed by atoms with Crippen LogP contribution in [0.5, 0.6) is 0 Å². The highest BCUT2D eigenvalue weighted by molar-refractivity contribution is 6.21. The smallest absolute Gasteiger partial charge is 0.228 e. The van der Waals surface area contributed by atoms with E-state index in [0.29, 0.717) is 12.3 Å². The molecule has 0 saturated heterocycles. The van der Waals surface area contributed by atoms with Crippen LogP contribution in [0, 0.1) is 5.92 Å². The lowest BCUT2D eigenvalue weighted by Crippen LogP contribution is -2.06. The molecule has 0 fully saturated rings. The van der Waals surface area contributed by atoms with Crippen molar-refractivity contribution in [3.63, 3.8) is 0 Å². The Balaban J connectivity index is 2.23. The molecule has 1 aromatic carbocycles. The topological polar surface area (TPSA) is 29.1 Å². The average molecular weight is 252 g/mol. The van der Waals surface area contributed by atoms with Crippen LogP contribution in [-0.2, 0) is 11.2 Å². The van der Waals surface area contributed by atoms with Crippen molar-refractivity contribution in [1.29, 1.82) is 0 Å². The molecular formula is C14H18ClNO. The monoisotopic (exact) mass is 251 g/mol. The molecule has 0 saturated carbocycles. The number of rotatable bonds is 4. The number of halogens is 1. The molecule has 2 nitrogen and oxygen atoms in total. The molecule has 2 rings (SSSR count). The molecule has 0 spiro atoms. The van der Waals surface area contributed by atoms with E-state index in [-0.39, 0.29) is 11.3 Å². The number of alkyl halides is 1. The lowest BCUT2D eigenvalue weighted by Gasteiger charge is -2.20. The predicted octanol–water partition coefficient (Wildman–Crippen LogP) is 3.90. The molecule has 1 aliphatic rings. The van der Waals surface area contributed by atoms with Gasteiger partial charge in [0.2, 0.25) is 5.91 Å². The van der Waals surface area contributed by atoms with E-state index in [4.69, 9.17) is 11.6 Å². The number of carbonyl (C=O) groups is 1. The van der Waals surface area contributed by atoms with Crippen LogP contribution in [0.1, 0.15) is 43.2 Å². The van der Waals surface area contributed by atoms with Crippen molar-refractivity contribution in [3.8, 4) is 0 Å². The molecule has 1 aliphatic heterocycles. The largest absolute Gasteiger partial charge is 0.326 e. The van der Waals surface area contributed by atoms with Crippen LogP contribution in [-0.4, -0.2) is 5.91 Å². The Kier molecular flexibility index (Phi) is 3.72. The van der Waals surface area contributed by atoms with Crippen molar-refractivity contribution in [2.75, 3.05) is 5.32 Å². The Bertz CT molecular complexity index is 426. The van der Waals surface area contributed by atoms with Gasteiger partial charge in [-0.05, 0) is 23.1 Å². The molecule has 1 atom stereocenters. The van der Waals surface area contributed by atoms with Crippen molar-refractivity contribution < 1.29 is 4.79 Å². The van der Waals surface area contributed by atoms with Crippen LogP contribution in [0.2, 0.25) is 0 Å². The molecule has 1 unspecified atom stereocenters. The maximum atomic E-state index is 11.3. The highest BCUT2D eigenvalue weighted by Gasteiger charge is 2.22. The van der Waals surface area contributed by atoms with Gasteiger partial charge in [0.15, 0.2) is 0 Å². The number of nitrogens with one attached hydrogen (secondary N) is 1. The number of fused-ring (bicyclic) bond motifs is 1. The van der Waals surface area contributed by atoms with E-state index in [9.17, 15) is 4.79 Å². The van der Waals surface area contributed by atoms with Crippen LogP contribution in [0.15, 0.2) is 18.2 Å². The number of carbonyl (C=O) groups excluding carboxylic acids is 1. The fourth-order valence-corrected chi connectivity index (χ4v) is 2.89. The normalized spacial score (nSPS) is 15.9. The first kappa shape index (κ1) is 12.4. The number of anilines is 1. The molecule has 17 heavy (non-hydrogen) atoms. The fourth-order valence-electron chi connectivity index (χ4n) is 2.40. The summed E-state index contributed by atoms with van der Waals surface area (Å²) >= 11 is 6.51. The Morgan fingerprint density at radius 3 is 2.71 bits per heavy atom. The Hall–Kier alpha value is -1.02. The Morgan fingerprint density at radius 1 is 1.35 bits per heavy atom. The van der Waals surface area contributed by atoms with E-state index in [1.807, 2.05) is 12.1 Å². The van der Waals surface area contributed by atoms with Gasteiger partial charge in [-0.25, -0.2) is 0 Å². The first-order chi connectivity index (χ1) is 8.15. The van der Waals surface area contributed by atoms with Crippen molar-refractivity contribution in [3.05, 3.63) is 29.3 Å². The van der Waals surface area contributed by atoms with Crippen LogP contribution in [0.3, 0.4) is 0 Å². The summed E-state index contributed by atoms with van der Waals surface area (Å²) < 4.78 is 0. The molecule has 1 amide bonds. The summed E-state index contributed by atoms with van der Waals surface area (Å²) in [6.45, 7) is 4.34. The molecule has 1 N–H and O–H groups in total. The lowest BCUT2D eigenvalue weighted by atomic mass is 9.93. The van der Waals surface area contributed by atoms with E-state index >= 15 is 0 Å². The van der Waals surface area contributed by atoms with Gasteiger partial charge in [-0.15, -0.1) is 11.6 Å². The molecular weight excluding hydrogens is 234 g/mol.